The highest BCUT2D eigenvalue weighted by atomic mass is 16.2. The van der Waals surface area contributed by atoms with Crippen LogP contribution in [0.15, 0.2) is 24.8 Å². The van der Waals surface area contributed by atoms with Gasteiger partial charge in [-0.1, -0.05) is 19.6 Å². The summed E-state index contributed by atoms with van der Waals surface area (Å²) in [5.74, 6) is -1.05. The number of carbonyl (C=O) groups excluding carboxylic acids is 2. The lowest BCUT2D eigenvalue weighted by atomic mass is 10.2. The molecule has 54 valence electrons. The SMILES string of the molecule is C=CC(=O)C(=O)C=CCC. The minimum Gasteiger partial charge on any atom is -0.286 e. The summed E-state index contributed by atoms with van der Waals surface area (Å²) in [5, 5.41) is 0. The molecule has 0 spiro atoms. The van der Waals surface area contributed by atoms with Gasteiger partial charge in [0.15, 0.2) is 0 Å². The van der Waals surface area contributed by atoms with E-state index in [2.05, 4.69) is 6.58 Å². The average Bonchev–Trinajstić information content (AvgIpc) is 1.98. The van der Waals surface area contributed by atoms with Gasteiger partial charge in [-0.25, -0.2) is 0 Å². The molecule has 0 saturated heterocycles. The van der Waals surface area contributed by atoms with E-state index in [4.69, 9.17) is 0 Å². The van der Waals surface area contributed by atoms with Crippen molar-refractivity contribution in [2.45, 2.75) is 13.3 Å². The van der Waals surface area contributed by atoms with Gasteiger partial charge in [-0.3, -0.25) is 9.59 Å². The zero-order chi connectivity index (χ0) is 7.98. The molecule has 0 aliphatic heterocycles. The Kier molecular flexibility index (Phi) is 4.12. The molecule has 2 nitrogen and oxygen atoms in total. The standard InChI is InChI=1S/C8H10O2/c1-3-5-6-8(10)7(9)4-2/h4-6H,2-3H2,1H3. The largest absolute Gasteiger partial charge is 0.286 e. The van der Waals surface area contributed by atoms with E-state index in [0.29, 0.717) is 0 Å². The molecule has 0 atom stereocenters. The highest BCUT2D eigenvalue weighted by Crippen LogP contribution is 1.84. The second-order valence-electron chi connectivity index (χ2n) is 1.74. The molecule has 0 aliphatic rings. The van der Waals surface area contributed by atoms with Gasteiger partial charge in [0.25, 0.3) is 0 Å². The summed E-state index contributed by atoms with van der Waals surface area (Å²) in [6, 6.07) is 0. The van der Waals surface area contributed by atoms with E-state index >= 15 is 0 Å². The summed E-state index contributed by atoms with van der Waals surface area (Å²) in [6.45, 7) is 5.08. The van der Waals surface area contributed by atoms with Crippen molar-refractivity contribution >= 4 is 11.6 Å². The van der Waals surface area contributed by atoms with Crippen molar-refractivity contribution in [1.82, 2.24) is 0 Å². The molecule has 0 aliphatic carbocycles. The van der Waals surface area contributed by atoms with Crippen LogP contribution in [0.4, 0.5) is 0 Å². The maximum Gasteiger partial charge on any atom is 0.225 e. The van der Waals surface area contributed by atoms with Gasteiger partial charge in [0, 0.05) is 0 Å². The molecule has 0 fully saturated rings. The topological polar surface area (TPSA) is 34.1 Å². The highest BCUT2D eigenvalue weighted by molar-refractivity contribution is 6.45. The summed E-state index contributed by atoms with van der Waals surface area (Å²) >= 11 is 0. The molecule has 0 aromatic carbocycles. The molecule has 0 N–H and O–H groups in total. The molecular formula is C8H10O2. The van der Waals surface area contributed by atoms with Crippen molar-refractivity contribution in [2.24, 2.45) is 0 Å². The van der Waals surface area contributed by atoms with E-state index in [0.717, 1.165) is 12.5 Å². The zero-order valence-electron chi connectivity index (χ0n) is 5.96. The summed E-state index contributed by atoms with van der Waals surface area (Å²) in [6.07, 6.45) is 4.69. The van der Waals surface area contributed by atoms with Crippen molar-refractivity contribution in [2.75, 3.05) is 0 Å². The molecule has 0 aromatic heterocycles. The summed E-state index contributed by atoms with van der Waals surface area (Å²) in [4.78, 5) is 21.1. The van der Waals surface area contributed by atoms with Crippen molar-refractivity contribution in [3.05, 3.63) is 24.8 Å². The highest BCUT2D eigenvalue weighted by Gasteiger charge is 2.02. The minimum atomic E-state index is -0.551. The maximum absolute atomic E-state index is 10.6. The van der Waals surface area contributed by atoms with Crippen LogP contribution in [-0.2, 0) is 9.59 Å². The first kappa shape index (κ1) is 8.82. The van der Waals surface area contributed by atoms with Gasteiger partial charge in [-0.2, -0.15) is 0 Å². The quantitative estimate of drug-likeness (QED) is 0.433. The Labute approximate surface area is 60.2 Å². The van der Waals surface area contributed by atoms with Crippen molar-refractivity contribution in [3.63, 3.8) is 0 Å². The van der Waals surface area contributed by atoms with Crippen LogP contribution in [0.25, 0.3) is 0 Å². The van der Waals surface area contributed by atoms with Crippen LogP contribution in [0.5, 0.6) is 0 Å². The van der Waals surface area contributed by atoms with Gasteiger partial charge in [0.1, 0.15) is 0 Å². The Morgan fingerprint density at radius 1 is 1.40 bits per heavy atom. The molecule has 0 heterocycles. The predicted octanol–water partition coefficient (Wildman–Crippen LogP) is 1.28. The first-order chi connectivity index (χ1) is 4.72. The Morgan fingerprint density at radius 2 is 2.00 bits per heavy atom. The minimum absolute atomic E-state index is 0.503. The Morgan fingerprint density at radius 3 is 2.40 bits per heavy atom. The fraction of sp³-hybridized carbons (Fsp3) is 0.250. The van der Waals surface area contributed by atoms with Crippen LogP contribution in [0.2, 0.25) is 0 Å². The molecule has 0 saturated carbocycles. The monoisotopic (exact) mass is 138 g/mol. The zero-order valence-corrected chi connectivity index (χ0v) is 5.96. The Hall–Kier alpha value is -1.18. The molecule has 0 unspecified atom stereocenters. The Bertz CT molecular complexity index is 178. The molecule has 0 aromatic rings. The number of hydrogen-bond donors (Lipinski definition) is 0. The van der Waals surface area contributed by atoms with Gasteiger partial charge in [-0.05, 0) is 18.6 Å². The smallest absolute Gasteiger partial charge is 0.225 e. The molecule has 2 heteroatoms. The van der Waals surface area contributed by atoms with Crippen LogP contribution in [0, 0.1) is 0 Å². The van der Waals surface area contributed by atoms with Gasteiger partial charge < -0.3 is 0 Å². The normalized spacial score (nSPS) is 9.70. The van der Waals surface area contributed by atoms with E-state index in [-0.39, 0.29) is 0 Å². The predicted molar refractivity (Wildman–Crippen MR) is 39.6 cm³/mol. The molecule has 0 rings (SSSR count). The molecule has 10 heavy (non-hydrogen) atoms. The van der Waals surface area contributed by atoms with E-state index in [1.54, 1.807) is 6.08 Å². The van der Waals surface area contributed by atoms with Crippen molar-refractivity contribution < 1.29 is 9.59 Å². The van der Waals surface area contributed by atoms with Gasteiger partial charge in [0.05, 0.1) is 0 Å². The molecular weight excluding hydrogens is 128 g/mol. The second kappa shape index (κ2) is 4.68. The van der Waals surface area contributed by atoms with E-state index in [9.17, 15) is 9.59 Å². The lowest BCUT2D eigenvalue weighted by molar-refractivity contribution is -0.130. The summed E-state index contributed by atoms with van der Waals surface area (Å²) in [7, 11) is 0. The van der Waals surface area contributed by atoms with E-state index in [1.165, 1.54) is 6.08 Å². The first-order valence-electron chi connectivity index (χ1n) is 3.09. The van der Waals surface area contributed by atoms with Gasteiger partial charge >= 0.3 is 0 Å². The Balaban J connectivity index is 3.97. The van der Waals surface area contributed by atoms with E-state index < -0.39 is 11.6 Å². The third kappa shape index (κ3) is 2.97. The maximum atomic E-state index is 10.6. The third-order valence-electron chi connectivity index (χ3n) is 0.933. The van der Waals surface area contributed by atoms with Crippen molar-refractivity contribution in [3.8, 4) is 0 Å². The van der Waals surface area contributed by atoms with Gasteiger partial charge in [-0.15, -0.1) is 0 Å². The average molecular weight is 138 g/mol. The summed E-state index contributed by atoms with van der Waals surface area (Å²) < 4.78 is 0. The molecule has 0 amide bonds. The van der Waals surface area contributed by atoms with Gasteiger partial charge in [0.2, 0.25) is 11.6 Å². The number of allylic oxidation sites excluding steroid dienone is 3. The lowest BCUT2D eigenvalue weighted by Crippen LogP contribution is -2.05. The molecule has 0 bridgehead atoms. The number of ketones is 2. The van der Waals surface area contributed by atoms with Crippen LogP contribution in [0.1, 0.15) is 13.3 Å². The molecule has 0 radical (unpaired) electrons. The number of carbonyl (C=O) groups is 2. The number of rotatable bonds is 4. The fourth-order valence-electron chi connectivity index (χ4n) is 0.408. The van der Waals surface area contributed by atoms with Crippen LogP contribution in [0.3, 0.4) is 0 Å². The van der Waals surface area contributed by atoms with Crippen LogP contribution >= 0.6 is 0 Å². The fourth-order valence-corrected chi connectivity index (χ4v) is 0.408. The van der Waals surface area contributed by atoms with Crippen molar-refractivity contribution in [1.29, 1.82) is 0 Å². The second-order valence-corrected chi connectivity index (χ2v) is 1.74. The first-order valence-corrected chi connectivity index (χ1v) is 3.09. The van der Waals surface area contributed by atoms with E-state index in [1.807, 2.05) is 6.92 Å². The third-order valence-corrected chi connectivity index (χ3v) is 0.933. The summed E-state index contributed by atoms with van der Waals surface area (Å²) in [5.41, 5.74) is 0. The van der Waals surface area contributed by atoms with Crippen LogP contribution < -0.4 is 0 Å². The van der Waals surface area contributed by atoms with Crippen LogP contribution in [-0.4, -0.2) is 11.6 Å². The lowest BCUT2D eigenvalue weighted by Gasteiger charge is -1.82. The number of hydrogen-bond acceptors (Lipinski definition) is 2.